The minimum absolute atomic E-state index is 0.0864. The van der Waals surface area contributed by atoms with Gasteiger partial charge in [0.25, 0.3) is 5.91 Å². The van der Waals surface area contributed by atoms with Gasteiger partial charge >= 0.3 is 6.03 Å². The molecule has 0 atom stereocenters. The Morgan fingerprint density at radius 1 is 1.38 bits per heavy atom. The number of urea groups is 1. The summed E-state index contributed by atoms with van der Waals surface area (Å²) in [6.45, 7) is 0. The number of rotatable bonds is 6. The van der Waals surface area contributed by atoms with Crippen molar-refractivity contribution < 1.29 is 19.1 Å². The van der Waals surface area contributed by atoms with Gasteiger partial charge in [-0.05, 0) is 48.6 Å². The minimum Gasteiger partial charge on any atom is -0.495 e. The summed E-state index contributed by atoms with van der Waals surface area (Å²) >= 11 is 8.80. The van der Waals surface area contributed by atoms with Gasteiger partial charge in [-0.25, -0.2) is 9.79 Å². The molecule has 1 fully saturated rings. The summed E-state index contributed by atoms with van der Waals surface area (Å²) in [6.07, 6.45) is 3.55. The number of carbonyl (C=O) groups excluding carboxylic acids is 3. The maximum absolute atomic E-state index is 13.2. The number of hydrogen-bond acceptors (Lipinski definition) is 7. The first-order valence-corrected chi connectivity index (χ1v) is 11.9. The van der Waals surface area contributed by atoms with E-state index >= 15 is 0 Å². The van der Waals surface area contributed by atoms with E-state index in [4.69, 9.17) is 16.3 Å². The number of thiophene rings is 1. The fourth-order valence-electron chi connectivity index (χ4n) is 2.87. The number of methoxy groups -OCH3 is 1. The Morgan fingerprint density at radius 3 is 2.84 bits per heavy atom. The second kappa shape index (κ2) is 9.76. The Balaban J connectivity index is 1.53. The lowest BCUT2D eigenvalue weighted by molar-refractivity contribution is -0.117. The van der Waals surface area contributed by atoms with Gasteiger partial charge in [0.15, 0.2) is 5.17 Å². The molecule has 32 heavy (non-hydrogen) atoms. The molecule has 2 N–H and O–H groups in total. The van der Waals surface area contributed by atoms with E-state index < -0.39 is 11.9 Å². The van der Waals surface area contributed by atoms with Crippen molar-refractivity contribution in [3.05, 3.63) is 51.3 Å². The maximum atomic E-state index is 13.2. The number of anilines is 1. The highest BCUT2D eigenvalue weighted by molar-refractivity contribution is 8.14. The van der Waals surface area contributed by atoms with E-state index in [1.807, 2.05) is 17.5 Å². The molecular formula is C21H19ClN4O4S2. The average molecular weight is 491 g/mol. The van der Waals surface area contributed by atoms with Gasteiger partial charge in [-0.1, -0.05) is 29.4 Å². The molecule has 2 aliphatic rings. The smallest absolute Gasteiger partial charge is 0.321 e. The van der Waals surface area contributed by atoms with Crippen LogP contribution >= 0.6 is 34.7 Å². The number of hydrogen-bond donors (Lipinski definition) is 2. The lowest BCUT2D eigenvalue weighted by Crippen LogP contribution is -2.41. The Bertz CT molecular complexity index is 1110. The molecule has 2 aromatic rings. The van der Waals surface area contributed by atoms with E-state index in [0.29, 0.717) is 21.6 Å². The SMILES string of the molecule is COc1ccc(N2C(=O)/C(=C\c3cccs3)N=C2SCC(=O)NC(=O)NC2CC2)cc1Cl. The van der Waals surface area contributed by atoms with Crippen LogP contribution in [0.15, 0.2) is 46.4 Å². The fraction of sp³-hybridized carbons (Fsp3) is 0.238. The highest BCUT2D eigenvalue weighted by Crippen LogP contribution is 2.34. The van der Waals surface area contributed by atoms with Gasteiger partial charge < -0.3 is 10.1 Å². The Labute approximate surface area is 197 Å². The monoisotopic (exact) mass is 490 g/mol. The number of thioether (sulfide) groups is 1. The van der Waals surface area contributed by atoms with Gasteiger partial charge in [0.1, 0.15) is 11.4 Å². The molecule has 0 unspecified atom stereocenters. The molecule has 0 bridgehead atoms. The number of nitrogens with zero attached hydrogens (tertiary/aromatic N) is 2. The predicted molar refractivity (Wildman–Crippen MR) is 127 cm³/mol. The Hall–Kier alpha value is -2.82. The molecule has 11 heteroatoms. The van der Waals surface area contributed by atoms with Gasteiger partial charge in [0, 0.05) is 10.9 Å². The number of amidine groups is 1. The van der Waals surface area contributed by atoms with E-state index in [-0.39, 0.29) is 23.4 Å². The van der Waals surface area contributed by atoms with Crippen molar-refractivity contribution in [2.24, 2.45) is 4.99 Å². The van der Waals surface area contributed by atoms with Crippen LogP contribution in [0.25, 0.3) is 6.08 Å². The van der Waals surface area contributed by atoms with Gasteiger partial charge in [-0.2, -0.15) is 0 Å². The summed E-state index contributed by atoms with van der Waals surface area (Å²) in [6, 6.07) is 8.34. The number of benzene rings is 1. The summed E-state index contributed by atoms with van der Waals surface area (Å²) in [5.74, 6) is -0.430. The Kier molecular flexibility index (Phi) is 6.83. The third kappa shape index (κ3) is 5.32. The van der Waals surface area contributed by atoms with Crippen molar-refractivity contribution in [1.82, 2.24) is 10.6 Å². The topological polar surface area (TPSA) is 100 Å². The zero-order valence-corrected chi connectivity index (χ0v) is 19.4. The average Bonchev–Trinajstić information content (AvgIpc) is 3.30. The number of carbonyl (C=O) groups is 3. The molecule has 4 rings (SSSR count). The number of nitrogens with one attached hydrogen (secondary N) is 2. The van der Waals surface area contributed by atoms with Gasteiger partial charge in [-0.15, -0.1) is 11.3 Å². The first-order chi connectivity index (χ1) is 15.4. The summed E-state index contributed by atoms with van der Waals surface area (Å²) in [5, 5.41) is 7.55. The minimum atomic E-state index is -0.514. The second-order valence-electron chi connectivity index (χ2n) is 6.98. The van der Waals surface area contributed by atoms with E-state index in [0.717, 1.165) is 29.5 Å². The molecule has 1 saturated carbocycles. The van der Waals surface area contributed by atoms with E-state index in [9.17, 15) is 14.4 Å². The van der Waals surface area contributed by atoms with E-state index in [1.54, 1.807) is 24.3 Å². The van der Waals surface area contributed by atoms with Crippen molar-refractivity contribution in [3.63, 3.8) is 0 Å². The first kappa shape index (κ1) is 22.4. The van der Waals surface area contributed by atoms with Crippen LogP contribution < -0.4 is 20.3 Å². The molecule has 1 aromatic heterocycles. The third-order valence-corrected chi connectivity index (χ3v) is 6.60. The molecule has 0 saturated heterocycles. The van der Waals surface area contributed by atoms with Crippen LogP contribution in [0.2, 0.25) is 5.02 Å². The lowest BCUT2D eigenvalue weighted by Gasteiger charge is -2.18. The highest BCUT2D eigenvalue weighted by Gasteiger charge is 2.33. The summed E-state index contributed by atoms with van der Waals surface area (Å²) in [7, 11) is 1.50. The number of aliphatic imine (C=N–C) groups is 1. The third-order valence-electron chi connectivity index (χ3n) is 4.54. The van der Waals surface area contributed by atoms with Crippen LogP contribution in [0.4, 0.5) is 10.5 Å². The van der Waals surface area contributed by atoms with Crippen LogP contribution in [-0.4, -0.2) is 41.9 Å². The zero-order chi connectivity index (χ0) is 22.7. The van der Waals surface area contributed by atoms with E-state index in [2.05, 4.69) is 15.6 Å². The predicted octanol–water partition coefficient (Wildman–Crippen LogP) is 3.88. The summed E-state index contributed by atoms with van der Waals surface area (Å²) in [5.41, 5.74) is 0.738. The van der Waals surface area contributed by atoms with Crippen molar-refractivity contribution in [2.45, 2.75) is 18.9 Å². The summed E-state index contributed by atoms with van der Waals surface area (Å²) < 4.78 is 5.18. The second-order valence-corrected chi connectivity index (χ2v) is 9.31. The first-order valence-electron chi connectivity index (χ1n) is 9.69. The number of halogens is 1. The Morgan fingerprint density at radius 2 is 2.19 bits per heavy atom. The van der Waals surface area contributed by atoms with Gasteiger partial charge in [0.2, 0.25) is 5.91 Å². The van der Waals surface area contributed by atoms with Crippen LogP contribution in [0, 0.1) is 0 Å². The molecule has 2 heterocycles. The number of amides is 4. The molecule has 1 aromatic carbocycles. The van der Waals surface area contributed by atoms with Crippen molar-refractivity contribution in [3.8, 4) is 5.75 Å². The molecule has 4 amide bonds. The van der Waals surface area contributed by atoms with Crippen LogP contribution in [0.1, 0.15) is 17.7 Å². The molecule has 1 aliphatic carbocycles. The fourth-order valence-corrected chi connectivity index (χ4v) is 4.58. The van der Waals surface area contributed by atoms with E-state index in [1.165, 1.54) is 23.3 Å². The molecule has 1 aliphatic heterocycles. The van der Waals surface area contributed by atoms with Crippen LogP contribution in [-0.2, 0) is 9.59 Å². The summed E-state index contributed by atoms with van der Waals surface area (Å²) in [4.78, 5) is 43.9. The number of imide groups is 1. The molecule has 0 spiro atoms. The lowest BCUT2D eigenvalue weighted by atomic mass is 10.2. The molecule has 0 radical (unpaired) electrons. The van der Waals surface area contributed by atoms with Gasteiger partial charge in [-0.3, -0.25) is 19.8 Å². The zero-order valence-electron chi connectivity index (χ0n) is 17.0. The molecule has 166 valence electrons. The van der Waals surface area contributed by atoms with Crippen LogP contribution in [0.3, 0.4) is 0 Å². The van der Waals surface area contributed by atoms with Gasteiger partial charge in [0.05, 0.1) is 23.6 Å². The largest absolute Gasteiger partial charge is 0.495 e. The van der Waals surface area contributed by atoms with Crippen LogP contribution in [0.5, 0.6) is 5.75 Å². The maximum Gasteiger partial charge on any atom is 0.321 e. The van der Waals surface area contributed by atoms with Crippen molar-refractivity contribution in [1.29, 1.82) is 0 Å². The molecular weight excluding hydrogens is 472 g/mol. The van der Waals surface area contributed by atoms with Crippen molar-refractivity contribution in [2.75, 3.05) is 17.8 Å². The normalized spacial score (nSPS) is 16.8. The number of ether oxygens (including phenoxy) is 1. The standard InChI is InChI=1S/C21H19ClN4O4S2/c1-30-17-7-6-13(9-15(17)22)26-19(28)16(10-14-3-2-8-31-14)24-21(26)32-11-18(27)25-20(29)23-12-4-5-12/h2-3,6-10,12H,4-5,11H2,1H3,(H2,23,25,27,29)/b16-10+. The highest BCUT2D eigenvalue weighted by atomic mass is 35.5. The quantitative estimate of drug-likeness (QED) is 0.598. The molecule has 8 nitrogen and oxygen atoms in total. The van der Waals surface area contributed by atoms with Crippen molar-refractivity contribution >= 4 is 69.5 Å².